The third kappa shape index (κ3) is 4.92. The fourth-order valence-corrected chi connectivity index (χ4v) is 2.84. The molecule has 1 saturated carbocycles. The molecule has 118 valence electrons. The van der Waals surface area contributed by atoms with E-state index in [2.05, 4.69) is 24.4 Å². The van der Waals surface area contributed by atoms with E-state index in [0.717, 1.165) is 30.4 Å². The van der Waals surface area contributed by atoms with Gasteiger partial charge in [-0.15, -0.1) is 0 Å². The molecule has 3 nitrogen and oxygen atoms in total. The second-order valence-electron chi connectivity index (χ2n) is 5.69. The molecule has 1 aromatic carbocycles. The summed E-state index contributed by atoms with van der Waals surface area (Å²) in [5, 5.41) is 3.63. The van der Waals surface area contributed by atoms with Gasteiger partial charge in [0.1, 0.15) is 0 Å². The highest BCUT2D eigenvalue weighted by atomic mass is 16.5. The molecular weight excluding hydrogens is 262 g/mol. The van der Waals surface area contributed by atoms with Crippen LogP contribution in [0.15, 0.2) is 18.2 Å². The molecule has 2 rings (SSSR count). The minimum atomic E-state index is 0.670. The van der Waals surface area contributed by atoms with Crippen LogP contribution in [0.3, 0.4) is 0 Å². The minimum absolute atomic E-state index is 0.670. The first-order valence-corrected chi connectivity index (χ1v) is 8.40. The van der Waals surface area contributed by atoms with Crippen molar-refractivity contribution < 1.29 is 9.47 Å². The minimum Gasteiger partial charge on any atom is -0.490 e. The second kappa shape index (κ2) is 8.28. The summed E-state index contributed by atoms with van der Waals surface area (Å²) in [5.41, 5.74) is 1.34. The zero-order chi connectivity index (χ0) is 15.1. The Balaban J connectivity index is 1.96. The lowest BCUT2D eigenvalue weighted by molar-refractivity contribution is 0.287. The normalized spacial score (nSPS) is 15.8. The van der Waals surface area contributed by atoms with E-state index in [1.165, 1.54) is 24.8 Å². The lowest BCUT2D eigenvalue weighted by Gasteiger charge is -2.18. The van der Waals surface area contributed by atoms with E-state index in [0.29, 0.717) is 19.3 Å². The van der Waals surface area contributed by atoms with Crippen LogP contribution in [0.1, 0.15) is 45.6 Å². The highest BCUT2D eigenvalue weighted by Gasteiger charge is 2.30. The average Bonchev–Trinajstić information content (AvgIpc) is 3.31. The van der Waals surface area contributed by atoms with Gasteiger partial charge in [0.05, 0.1) is 13.2 Å². The fraction of sp³-hybridized carbons (Fsp3) is 0.667. The summed E-state index contributed by atoms with van der Waals surface area (Å²) in [5.74, 6) is 2.64. The first kappa shape index (κ1) is 16.2. The number of ether oxygens (including phenoxy) is 2. The van der Waals surface area contributed by atoms with E-state index in [4.69, 9.17) is 9.47 Å². The highest BCUT2D eigenvalue weighted by molar-refractivity contribution is 5.43. The Morgan fingerprint density at radius 3 is 2.43 bits per heavy atom. The molecule has 1 aliphatic carbocycles. The zero-order valence-electron chi connectivity index (χ0n) is 13.7. The smallest absolute Gasteiger partial charge is 0.161 e. The van der Waals surface area contributed by atoms with Crippen LogP contribution in [0.25, 0.3) is 0 Å². The van der Waals surface area contributed by atoms with Crippen LogP contribution >= 0.6 is 0 Å². The summed E-state index contributed by atoms with van der Waals surface area (Å²) in [4.78, 5) is 0. The number of hydrogen-bond donors (Lipinski definition) is 1. The predicted octanol–water partition coefficient (Wildman–Crippen LogP) is 3.80. The summed E-state index contributed by atoms with van der Waals surface area (Å²) < 4.78 is 11.3. The van der Waals surface area contributed by atoms with Gasteiger partial charge in [-0.05, 0) is 69.7 Å². The van der Waals surface area contributed by atoms with Crippen LogP contribution in [0.5, 0.6) is 11.5 Å². The molecule has 0 aromatic heterocycles. The van der Waals surface area contributed by atoms with Crippen molar-refractivity contribution in [3.05, 3.63) is 23.8 Å². The quantitative estimate of drug-likeness (QED) is 0.711. The topological polar surface area (TPSA) is 30.5 Å². The average molecular weight is 291 g/mol. The largest absolute Gasteiger partial charge is 0.490 e. The van der Waals surface area contributed by atoms with E-state index in [9.17, 15) is 0 Å². The molecule has 0 aliphatic heterocycles. The molecule has 1 unspecified atom stereocenters. The molecular formula is C18H29NO2. The molecule has 0 radical (unpaired) electrons. The van der Waals surface area contributed by atoms with Crippen LogP contribution in [0.4, 0.5) is 0 Å². The van der Waals surface area contributed by atoms with E-state index in [1.54, 1.807) is 0 Å². The van der Waals surface area contributed by atoms with Crippen LogP contribution in [0.2, 0.25) is 0 Å². The molecule has 1 aromatic rings. The Morgan fingerprint density at radius 1 is 1.10 bits per heavy atom. The van der Waals surface area contributed by atoms with Crippen LogP contribution < -0.4 is 14.8 Å². The molecule has 3 heteroatoms. The number of rotatable bonds is 10. The molecule has 1 aliphatic rings. The monoisotopic (exact) mass is 291 g/mol. The lowest BCUT2D eigenvalue weighted by atomic mass is 10.0. The van der Waals surface area contributed by atoms with Gasteiger partial charge in [0.25, 0.3) is 0 Å². The van der Waals surface area contributed by atoms with Gasteiger partial charge in [0.2, 0.25) is 0 Å². The Labute approximate surface area is 129 Å². The zero-order valence-corrected chi connectivity index (χ0v) is 13.7. The summed E-state index contributed by atoms with van der Waals surface area (Å²) in [6, 6.07) is 7.04. The van der Waals surface area contributed by atoms with Crippen molar-refractivity contribution in [2.75, 3.05) is 19.8 Å². The summed E-state index contributed by atoms with van der Waals surface area (Å²) in [6.45, 7) is 8.61. The molecule has 0 saturated heterocycles. The second-order valence-corrected chi connectivity index (χ2v) is 5.69. The van der Waals surface area contributed by atoms with E-state index in [1.807, 2.05) is 19.9 Å². The lowest BCUT2D eigenvalue weighted by Crippen LogP contribution is -2.31. The summed E-state index contributed by atoms with van der Waals surface area (Å²) in [6.07, 6.45) is 5.09. The van der Waals surface area contributed by atoms with Crippen molar-refractivity contribution >= 4 is 0 Å². The Hall–Kier alpha value is -1.22. The van der Waals surface area contributed by atoms with Crippen molar-refractivity contribution in [3.63, 3.8) is 0 Å². The predicted molar refractivity (Wildman–Crippen MR) is 87.3 cm³/mol. The van der Waals surface area contributed by atoms with Crippen LogP contribution in [-0.2, 0) is 6.42 Å². The summed E-state index contributed by atoms with van der Waals surface area (Å²) >= 11 is 0. The maximum atomic E-state index is 5.70. The maximum absolute atomic E-state index is 5.70. The van der Waals surface area contributed by atoms with E-state index >= 15 is 0 Å². The van der Waals surface area contributed by atoms with Gasteiger partial charge in [0, 0.05) is 6.04 Å². The SMILES string of the molecule is CCNC(CCc1ccc(OCC)c(OCC)c1)C1CC1. The molecule has 21 heavy (non-hydrogen) atoms. The third-order valence-corrected chi connectivity index (χ3v) is 4.01. The van der Waals surface area contributed by atoms with Gasteiger partial charge >= 0.3 is 0 Å². The van der Waals surface area contributed by atoms with Crippen molar-refractivity contribution in [2.24, 2.45) is 5.92 Å². The molecule has 0 heterocycles. The van der Waals surface area contributed by atoms with Gasteiger partial charge in [-0.3, -0.25) is 0 Å². The van der Waals surface area contributed by atoms with Crippen molar-refractivity contribution in [1.29, 1.82) is 0 Å². The van der Waals surface area contributed by atoms with Crippen molar-refractivity contribution in [3.8, 4) is 11.5 Å². The van der Waals surface area contributed by atoms with Crippen LogP contribution in [0, 0.1) is 5.92 Å². The standard InChI is InChI=1S/C18H29NO2/c1-4-19-16(15-9-10-15)11-7-14-8-12-17(20-5-2)18(13-14)21-6-3/h8,12-13,15-16,19H,4-7,9-11H2,1-3H3. The molecule has 1 atom stereocenters. The fourth-order valence-electron chi connectivity index (χ4n) is 2.84. The van der Waals surface area contributed by atoms with Crippen molar-refractivity contribution in [1.82, 2.24) is 5.32 Å². The number of nitrogens with one attached hydrogen (secondary N) is 1. The summed E-state index contributed by atoms with van der Waals surface area (Å²) in [7, 11) is 0. The Morgan fingerprint density at radius 2 is 1.81 bits per heavy atom. The number of benzene rings is 1. The van der Waals surface area contributed by atoms with E-state index < -0.39 is 0 Å². The van der Waals surface area contributed by atoms with E-state index in [-0.39, 0.29) is 0 Å². The highest BCUT2D eigenvalue weighted by Crippen LogP contribution is 2.35. The van der Waals surface area contributed by atoms with Gasteiger partial charge in [0.15, 0.2) is 11.5 Å². The Kier molecular flexibility index (Phi) is 6.37. The van der Waals surface area contributed by atoms with Gasteiger partial charge in [-0.1, -0.05) is 13.0 Å². The van der Waals surface area contributed by atoms with Gasteiger partial charge in [-0.2, -0.15) is 0 Å². The number of aryl methyl sites for hydroxylation is 1. The maximum Gasteiger partial charge on any atom is 0.161 e. The van der Waals surface area contributed by atoms with Crippen LogP contribution in [-0.4, -0.2) is 25.8 Å². The van der Waals surface area contributed by atoms with Gasteiger partial charge < -0.3 is 14.8 Å². The first-order chi connectivity index (χ1) is 10.3. The van der Waals surface area contributed by atoms with Gasteiger partial charge in [-0.25, -0.2) is 0 Å². The Bertz CT molecular complexity index is 429. The third-order valence-electron chi connectivity index (χ3n) is 4.01. The van der Waals surface area contributed by atoms with Crippen molar-refractivity contribution in [2.45, 2.75) is 52.5 Å². The first-order valence-electron chi connectivity index (χ1n) is 8.40. The molecule has 0 amide bonds. The molecule has 0 spiro atoms. The molecule has 0 bridgehead atoms. The molecule has 1 fully saturated rings. The number of hydrogen-bond acceptors (Lipinski definition) is 3. The molecule has 1 N–H and O–H groups in total.